The standard InChI is InChI=1S/C21H25N3OS/c1-3-24(4-2)15-16-8-7-9-17(14-16)22-20(25)12-13-21-23-18-10-5-6-11-19(18)26-21/h5-11,14H,3-4,12-13,15H2,1-2H3,(H,22,25). The highest BCUT2D eigenvalue weighted by Crippen LogP contribution is 2.22. The molecule has 0 aliphatic heterocycles. The summed E-state index contributed by atoms with van der Waals surface area (Å²) in [6.07, 6.45) is 1.12. The number of nitrogens with one attached hydrogen (secondary N) is 1. The lowest BCUT2D eigenvalue weighted by Crippen LogP contribution is -2.22. The van der Waals surface area contributed by atoms with Gasteiger partial charge in [-0.25, -0.2) is 4.98 Å². The molecule has 26 heavy (non-hydrogen) atoms. The molecule has 0 saturated heterocycles. The summed E-state index contributed by atoms with van der Waals surface area (Å²) in [5.41, 5.74) is 3.10. The number of benzene rings is 2. The van der Waals surface area contributed by atoms with E-state index in [0.717, 1.165) is 35.8 Å². The van der Waals surface area contributed by atoms with Gasteiger partial charge < -0.3 is 5.32 Å². The Morgan fingerprint density at radius 2 is 1.92 bits per heavy atom. The lowest BCUT2D eigenvalue weighted by atomic mass is 10.2. The van der Waals surface area contributed by atoms with E-state index < -0.39 is 0 Å². The van der Waals surface area contributed by atoms with Gasteiger partial charge in [0, 0.05) is 25.1 Å². The van der Waals surface area contributed by atoms with Crippen molar-refractivity contribution in [1.29, 1.82) is 0 Å². The smallest absolute Gasteiger partial charge is 0.224 e. The van der Waals surface area contributed by atoms with Crippen LogP contribution in [0.3, 0.4) is 0 Å². The molecule has 0 atom stereocenters. The maximum atomic E-state index is 12.3. The first-order valence-corrected chi connectivity index (χ1v) is 9.95. The van der Waals surface area contributed by atoms with Crippen LogP contribution in [0.15, 0.2) is 48.5 Å². The molecule has 1 N–H and O–H groups in total. The quantitative estimate of drug-likeness (QED) is 0.627. The van der Waals surface area contributed by atoms with Gasteiger partial charge in [0.15, 0.2) is 0 Å². The Hall–Kier alpha value is -2.24. The third kappa shape index (κ3) is 4.90. The topological polar surface area (TPSA) is 45.2 Å². The molecular weight excluding hydrogens is 342 g/mol. The maximum Gasteiger partial charge on any atom is 0.224 e. The number of anilines is 1. The number of aryl methyl sites for hydroxylation is 1. The van der Waals surface area contributed by atoms with Gasteiger partial charge in [0.1, 0.15) is 0 Å². The van der Waals surface area contributed by atoms with E-state index in [1.165, 1.54) is 10.3 Å². The summed E-state index contributed by atoms with van der Waals surface area (Å²) in [5, 5.41) is 4.03. The molecule has 0 aliphatic rings. The molecule has 4 nitrogen and oxygen atoms in total. The number of fused-ring (bicyclic) bond motifs is 1. The van der Waals surface area contributed by atoms with E-state index in [2.05, 4.69) is 47.2 Å². The normalized spacial score (nSPS) is 11.2. The van der Waals surface area contributed by atoms with Gasteiger partial charge in [0.25, 0.3) is 0 Å². The van der Waals surface area contributed by atoms with Crippen LogP contribution in [0.1, 0.15) is 30.8 Å². The second-order valence-electron chi connectivity index (χ2n) is 6.29. The SMILES string of the molecule is CCN(CC)Cc1cccc(NC(=O)CCc2nc3ccccc3s2)c1. The zero-order valence-electron chi connectivity index (χ0n) is 15.4. The molecule has 0 spiro atoms. The van der Waals surface area contributed by atoms with Gasteiger partial charge >= 0.3 is 0 Å². The Bertz CT molecular complexity index is 837. The number of aromatic nitrogens is 1. The number of carbonyl (C=O) groups excluding carboxylic acids is 1. The average molecular weight is 368 g/mol. The fraction of sp³-hybridized carbons (Fsp3) is 0.333. The number of para-hydroxylation sites is 1. The summed E-state index contributed by atoms with van der Waals surface area (Å²) in [6.45, 7) is 7.28. The van der Waals surface area contributed by atoms with Gasteiger partial charge in [-0.05, 0) is 42.9 Å². The van der Waals surface area contributed by atoms with Crippen molar-refractivity contribution in [3.8, 4) is 0 Å². The van der Waals surface area contributed by atoms with Crippen molar-refractivity contribution in [3.05, 3.63) is 59.1 Å². The van der Waals surface area contributed by atoms with E-state index in [-0.39, 0.29) is 5.91 Å². The van der Waals surface area contributed by atoms with E-state index in [0.29, 0.717) is 12.8 Å². The highest BCUT2D eigenvalue weighted by atomic mass is 32.1. The zero-order chi connectivity index (χ0) is 18.4. The predicted molar refractivity (Wildman–Crippen MR) is 110 cm³/mol. The molecule has 2 aromatic carbocycles. The third-order valence-corrected chi connectivity index (χ3v) is 5.51. The largest absolute Gasteiger partial charge is 0.326 e. The summed E-state index contributed by atoms with van der Waals surface area (Å²) in [6, 6.07) is 16.2. The van der Waals surface area contributed by atoms with E-state index in [4.69, 9.17) is 0 Å². The average Bonchev–Trinajstić information content (AvgIpc) is 3.08. The fourth-order valence-corrected chi connectivity index (χ4v) is 3.89. The van der Waals surface area contributed by atoms with Crippen LogP contribution in [0.5, 0.6) is 0 Å². The summed E-state index contributed by atoms with van der Waals surface area (Å²) < 4.78 is 1.17. The molecule has 0 unspecified atom stereocenters. The summed E-state index contributed by atoms with van der Waals surface area (Å²) >= 11 is 1.66. The molecule has 0 aliphatic carbocycles. The molecule has 0 bridgehead atoms. The van der Waals surface area contributed by atoms with E-state index in [1.54, 1.807) is 11.3 Å². The minimum atomic E-state index is 0.0317. The monoisotopic (exact) mass is 367 g/mol. The first-order chi connectivity index (χ1) is 12.7. The molecule has 1 aromatic heterocycles. The van der Waals surface area contributed by atoms with Gasteiger partial charge in [-0.3, -0.25) is 9.69 Å². The van der Waals surface area contributed by atoms with Gasteiger partial charge in [-0.2, -0.15) is 0 Å². The lowest BCUT2D eigenvalue weighted by molar-refractivity contribution is -0.116. The minimum absolute atomic E-state index is 0.0317. The minimum Gasteiger partial charge on any atom is -0.326 e. The van der Waals surface area contributed by atoms with Crippen molar-refractivity contribution in [2.24, 2.45) is 0 Å². The van der Waals surface area contributed by atoms with Crippen molar-refractivity contribution in [2.75, 3.05) is 18.4 Å². The molecule has 1 heterocycles. The lowest BCUT2D eigenvalue weighted by Gasteiger charge is -2.18. The molecule has 0 radical (unpaired) electrons. The highest BCUT2D eigenvalue weighted by Gasteiger charge is 2.08. The fourth-order valence-electron chi connectivity index (χ4n) is 2.92. The maximum absolute atomic E-state index is 12.3. The van der Waals surface area contributed by atoms with E-state index >= 15 is 0 Å². The highest BCUT2D eigenvalue weighted by molar-refractivity contribution is 7.18. The van der Waals surface area contributed by atoms with Crippen LogP contribution in [0.2, 0.25) is 0 Å². The van der Waals surface area contributed by atoms with E-state index in [1.807, 2.05) is 30.3 Å². The van der Waals surface area contributed by atoms with Crippen LogP contribution < -0.4 is 5.32 Å². The van der Waals surface area contributed by atoms with Crippen molar-refractivity contribution in [3.63, 3.8) is 0 Å². The van der Waals surface area contributed by atoms with Crippen molar-refractivity contribution in [1.82, 2.24) is 9.88 Å². The van der Waals surface area contributed by atoms with Gasteiger partial charge in [0.2, 0.25) is 5.91 Å². The van der Waals surface area contributed by atoms with Crippen LogP contribution in [0, 0.1) is 0 Å². The van der Waals surface area contributed by atoms with Crippen molar-refractivity contribution < 1.29 is 4.79 Å². The van der Waals surface area contributed by atoms with Crippen molar-refractivity contribution in [2.45, 2.75) is 33.2 Å². The first-order valence-electron chi connectivity index (χ1n) is 9.13. The Morgan fingerprint density at radius 3 is 2.69 bits per heavy atom. The van der Waals surface area contributed by atoms with Crippen LogP contribution in [-0.4, -0.2) is 28.9 Å². The third-order valence-electron chi connectivity index (χ3n) is 4.42. The van der Waals surface area contributed by atoms with Crippen LogP contribution in [-0.2, 0) is 17.8 Å². The number of nitrogens with zero attached hydrogens (tertiary/aromatic N) is 2. The number of hydrogen-bond acceptors (Lipinski definition) is 4. The second kappa shape index (κ2) is 8.92. The number of thiazole rings is 1. The molecule has 3 aromatic rings. The Kier molecular flexibility index (Phi) is 6.36. The second-order valence-corrected chi connectivity index (χ2v) is 7.40. The predicted octanol–water partition coefficient (Wildman–Crippen LogP) is 4.71. The van der Waals surface area contributed by atoms with Gasteiger partial charge in [-0.1, -0.05) is 38.1 Å². The number of hydrogen-bond donors (Lipinski definition) is 1. The number of amides is 1. The Labute approximate surface area is 158 Å². The summed E-state index contributed by atoms with van der Waals surface area (Å²) in [5.74, 6) is 0.0317. The molecule has 0 saturated carbocycles. The molecular formula is C21H25N3OS. The molecule has 1 amide bonds. The van der Waals surface area contributed by atoms with E-state index in [9.17, 15) is 4.79 Å². The van der Waals surface area contributed by atoms with Crippen LogP contribution in [0.25, 0.3) is 10.2 Å². The molecule has 5 heteroatoms. The van der Waals surface area contributed by atoms with Crippen LogP contribution >= 0.6 is 11.3 Å². The molecule has 3 rings (SSSR count). The Balaban J connectivity index is 1.56. The van der Waals surface area contributed by atoms with Gasteiger partial charge in [0.05, 0.1) is 15.2 Å². The summed E-state index contributed by atoms with van der Waals surface area (Å²) in [4.78, 5) is 19.2. The Morgan fingerprint density at radius 1 is 1.12 bits per heavy atom. The number of rotatable bonds is 8. The molecule has 136 valence electrons. The first kappa shape index (κ1) is 18.5. The van der Waals surface area contributed by atoms with Crippen molar-refractivity contribution >= 4 is 33.1 Å². The molecule has 0 fully saturated rings. The number of carbonyl (C=O) groups is 1. The zero-order valence-corrected chi connectivity index (χ0v) is 16.2. The van der Waals surface area contributed by atoms with Gasteiger partial charge in [-0.15, -0.1) is 11.3 Å². The summed E-state index contributed by atoms with van der Waals surface area (Å²) in [7, 11) is 0. The van der Waals surface area contributed by atoms with Crippen LogP contribution in [0.4, 0.5) is 5.69 Å².